The van der Waals surface area contributed by atoms with E-state index in [1.807, 2.05) is 24.3 Å². The number of fused-ring (bicyclic) bond motifs is 1. The molecule has 0 fully saturated rings. The third kappa shape index (κ3) is 3.00. The first-order valence-corrected chi connectivity index (χ1v) is 6.48. The predicted molar refractivity (Wildman–Crippen MR) is 65.7 cm³/mol. The van der Waals surface area contributed by atoms with Gasteiger partial charge in [-0.15, -0.1) is 0 Å². The molecular weight excluding hydrogens is 222 g/mol. The normalized spacial score (nSPS) is 11.1. The van der Waals surface area contributed by atoms with Gasteiger partial charge in [0.05, 0.1) is 0 Å². The SMILES string of the molecule is OCCCCCSc1nc2ccccc2o1. The first-order chi connectivity index (χ1) is 7.90. The number of hydrogen-bond donors (Lipinski definition) is 1. The van der Waals surface area contributed by atoms with Crippen LogP contribution in [-0.4, -0.2) is 22.5 Å². The van der Waals surface area contributed by atoms with Crippen LogP contribution in [0.15, 0.2) is 33.9 Å². The molecule has 2 rings (SSSR count). The molecule has 0 radical (unpaired) electrons. The average Bonchev–Trinajstić information content (AvgIpc) is 2.71. The molecular formula is C12H15NO2S. The Morgan fingerprint density at radius 2 is 2.06 bits per heavy atom. The molecule has 1 N–H and O–H groups in total. The molecule has 0 spiro atoms. The molecule has 0 atom stereocenters. The van der Waals surface area contributed by atoms with E-state index in [0.717, 1.165) is 41.3 Å². The summed E-state index contributed by atoms with van der Waals surface area (Å²) in [5.74, 6) is 0.993. The summed E-state index contributed by atoms with van der Waals surface area (Å²) in [5, 5.41) is 9.38. The van der Waals surface area contributed by atoms with E-state index in [1.165, 1.54) is 0 Å². The van der Waals surface area contributed by atoms with Gasteiger partial charge in [0.1, 0.15) is 5.52 Å². The molecule has 0 amide bonds. The van der Waals surface area contributed by atoms with Crippen LogP contribution in [0.1, 0.15) is 19.3 Å². The Morgan fingerprint density at radius 1 is 1.19 bits per heavy atom. The lowest BCUT2D eigenvalue weighted by Gasteiger charge is -1.95. The quantitative estimate of drug-likeness (QED) is 0.619. The van der Waals surface area contributed by atoms with Crippen LogP contribution in [0, 0.1) is 0 Å². The zero-order chi connectivity index (χ0) is 11.2. The molecule has 0 saturated heterocycles. The third-order valence-electron chi connectivity index (χ3n) is 2.30. The van der Waals surface area contributed by atoms with Crippen molar-refractivity contribution in [2.45, 2.75) is 24.5 Å². The number of thioether (sulfide) groups is 1. The van der Waals surface area contributed by atoms with E-state index in [9.17, 15) is 0 Å². The molecule has 0 aliphatic heterocycles. The van der Waals surface area contributed by atoms with E-state index in [4.69, 9.17) is 9.52 Å². The summed E-state index contributed by atoms with van der Waals surface area (Å²) in [6.07, 6.45) is 3.03. The zero-order valence-corrected chi connectivity index (χ0v) is 9.87. The monoisotopic (exact) mass is 237 g/mol. The standard InChI is InChI=1S/C12H15NO2S/c14-8-4-1-5-9-16-12-13-10-6-2-3-7-11(10)15-12/h2-3,6-7,14H,1,4-5,8-9H2. The number of rotatable bonds is 6. The highest BCUT2D eigenvalue weighted by Crippen LogP contribution is 2.23. The van der Waals surface area contributed by atoms with Crippen molar-refractivity contribution in [3.05, 3.63) is 24.3 Å². The van der Waals surface area contributed by atoms with E-state index in [0.29, 0.717) is 0 Å². The summed E-state index contributed by atoms with van der Waals surface area (Å²) >= 11 is 1.64. The Hall–Kier alpha value is -1.00. The maximum Gasteiger partial charge on any atom is 0.256 e. The summed E-state index contributed by atoms with van der Waals surface area (Å²) < 4.78 is 5.58. The molecule has 0 aliphatic rings. The van der Waals surface area contributed by atoms with E-state index in [2.05, 4.69) is 4.98 Å². The van der Waals surface area contributed by atoms with Gasteiger partial charge in [0.2, 0.25) is 0 Å². The molecule has 0 aliphatic carbocycles. The fourth-order valence-electron chi connectivity index (χ4n) is 1.46. The Kier molecular flexibility index (Phi) is 4.25. The number of nitrogens with zero attached hydrogens (tertiary/aromatic N) is 1. The molecule has 4 heteroatoms. The second-order valence-electron chi connectivity index (χ2n) is 3.58. The fraction of sp³-hybridized carbons (Fsp3) is 0.417. The van der Waals surface area contributed by atoms with Crippen molar-refractivity contribution in [3.63, 3.8) is 0 Å². The molecule has 0 unspecified atom stereocenters. The van der Waals surface area contributed by atoms with Gasteiger partial charge in [0.15, 0.2) is 5.58 Å². The van der Waals surface area contributed by atoms with Crippen molar-refractivity contribution < 1.29 is 9.52 Å². The van der Waals surface area contributed by atoms with Crippen molar-refractivity contribution in [2.75, 3.05) is 12.4 Å². The molecule has 1 aromatic heterocycles. The summed E-state index contributed by atoms with van der Waals surface area (Å²) in [5.41, 5.74) is 1.76. The van der Waals surface area contributed by atoms with Crippen molar-refractivity contribution >= 4 is 22.9 Å². The van der Waals surface area contributed by atoms with E-state index in [1.54, 1.807) is 11.8 Å². The predicted octanol–water partition coefficient (Wildman–Crippen LogP) is 3.08. The van der Waals surface area contributed by atoms with Crippen LogP contribution in [0.4, 0.5) is 0 Å². The zero-order valence-electron chi connectivity index (χ0n) is 9.06. The number of hydrogen-bond acceptors (Lipinski definition) is 4. The fourth-order valence-corrected chi connectivity index (χ4v) is 2.30. The minimum atomic E-state index is 0.285. The number of aliphatic hydroxyl groups excluding tert-OH is 1. The average molecular weight is 237 g/mol. The van der Waals surface area contributed by atoms with E-state index < -0.39 is 0 Å². The number of oxazole rings is 1. The van der Waals surface area contributed by atoms with Gasteiger partial charge in [-0.05, 0) is 25.0 Å². The minimum absolute atomic E-state index is 0.285. The molecule has 86 valence electrons. The molecule has 3 nitrogen and oxygen atoms in total. The lowest BCUT2D eigenvalue weighted by molar-refractivity contribution is 0.284. The largest absolute Gasteiger partial charge is 0.431 e. The lowest BCUT2D eigenvalue weighted by atomic mass is 10.3. The molecule has 16 heavy (non-hydrogen) atoms. The maximum atomic E-state index is 8.64. The topological polar surface area (TPSA) is 46.3 Å². The summed E-state index contributed by atoms with van der Waals surface area (Å²) in [6, 6.07) is 7.79. The number of unbranched alkanes of at least 4 members (excludes halogenated alkanes) is 2. The summed E-state index contributed by atoms with van der Waals surface area (Å²) in [4.78, 5) is 4.38. The molecule has 0 bridgehead atoms. The van der Waals surface area contributed by atoms with Crippen LogP contribution in [0.5, 0.6) is 0 Å². The van der Waals surface area contributed by atoms with Crippen LogP contribution in [0.25, 0.3) is 11.1 Å². The van der Waals surface area contributed by atoms with Crippen molar-refractivity contribution in [2.24, 2.45) is 0 Å². The highest BCUT2D eigenvalue weighted by Gasteiger charge is 2.04. The summed E-state index contributed by atoms with van der Waals surface area (Å²) in [7, 11) is 0. The van der Waals surface area contributed by atoms with Crippen LogP contribution >= 0.6 is 11.8 Å². The van der Waals surface area contributed by atoms with Gasteiger partial charge in [-0.3, -0.25) is 0 Å². The number of aliphatic hydroxyl groups is 1. The van der Waals surface area contributed by atoms with Crippen LogP contribution in [-0.2, 0) is 0 Å². The van der Waals surface area contributed by atoms with Gasteiger partial charge in [-0.25, -0.2) is 4.98 Å². The van der Waals surface area contributed by atoms with Gasteiger partial charge >= 0.3 is 0 Å². The van der Waals surface area contributed by atoms with Crippen molar-refractivity contribution in [3.8, 4) is 0 Å². The van der Waals surface area contributed by atoms with Gasteiger partial charge in [0.25, 0.3) is 5.22 Å². The Bertz CT molecular complexity index is 408. The molecule has 1 heterocycles. The summed E-state index contributed by atoms with van der Waals surface area (Å²) in [6.45, 7) is 0.285. The Morgan fingerprint density at radius 3 is 2.88 bits per heavy atom. The highest BCUT2D eigenvalue weighted by molar-refractivity contribution is 7.99. The van der Waals surface area contributed by atoms with Gasteiger partial charge in [-0.1, -0.05) is 30.3 Å². The van der Waals surface area contributed by atoms with Gasteiger partial charge < -0.3 is 9.52 Å². The van der Waals surface area contributed by atoms with Gasteiger partial charge in [-0.2, -0.15) is 0 Å². The molecule has 1 aromatic carbocycles. The lowest BCUT2D eigenvalue weighted by Crippen LogP contribution is -1.85. The van der Waals surface area contributed by atoms with Crippen molar-refractivity contribution in [1.29, 1.82) is 0 Å². The Labute approximate surface area is 98.9 Å². The highest BCUT2D eigenvalue weighted by atomic mass is 32.2. The minimum Gasteiger partial charge on any atom is -0.431 e. The van der Waals surface area contributed by atoms with E-state index in [-0.39, 0.29) is 6.61 Å². The third-order valence-corrected chi connectivity index (χ3v) is 3.22. The van der Waals surface area contributed by atoms with Crippen molar-refractivity contribution in [1.82, 2.24) is 4.98 Å². The second-order valence-corrected chi connectivity index (χ2v) is 4.63. The van der Waals surface area contributed by atoms with E-state index >= 15 is 0 Å². The number of benzene rings is 1. The Balaban J connectivity index is 1.85. The molecule has 2 aromatic rings. The first kappa shape index (κ1) is 11.5. The second kappa shape index (κ2) is 5.92. The van der Waals surface area contributed by atoms with Crippen LogP contribution in [0.2, 0.25) is 0 Å². The smallest absolute Gasteiger partial charge is 0.256 e. The van der Waals surface area contributed by atoms with Crippen LogP contribution in [0.3, 0.4) is 0 Å². The first-order valence-electron chi connectivity index (χ1n) is 5.49. The van der Waals surface area contributed by atoms with Crippen LogP contribution < -0.4 is 0 Å². The van der Waals surface area contributed by atoms with Gasteiger partial charge in [0, 0.05) is 12.4 Å². The maximum absolute atomic E-state index is 8.64. The number of para-hydroxylation sites is 2. The molecule has 0 saturated carbocycles. The number of aromatic nitrogens is 1.